The van der Waals surface area contributed by atoms with Gasteiger partial charge < -0.3 is 0 Å². The third-order valence-corrected chi connectivity index (χ3v) is 7.70. The van der Waals surface area contributed by atoms with E-state index >= 15 is 0 Å². The van der Waals surface area contributed by atoms with Crippen molar-refractivity contribution in [3.8, 4) is 11.8 Å². The lowest BCUT2D eigenvalue weighted by molar-refractivity contribution is 0.289. The summed E-state index contributed by atoms with van der Waals surface area (Å²) in [6.45, 7) is 4.62. The Bertz CT molecular complexity index is 667. The smallest absolute Gasteiger partial charge is 0.0249 e. The Morgan fingerprint density at radius 1 is 0.767 bits per heavy atom. The van der Waals surface area contributed by atoms with Crippen LogP contribution in [-0.2, 0) is 0 Å². The molecule has 0 aliphatic heterocycles. The lowest BCUT2D eigenvalue weighted by Gasteiger charge is -2.28. The number of hydrogen-bond acceptors (Lipinski definition) is 0. The van der Waals surface area contributed by atoms with E-state index in [0.29, 0.717) is 0 Å². The molecule has 0 nitrogen and oxygen atoms in total. The van der Waals surface area contributed by atoms with Gasteiger partial charge in [0.15, 0.2) is 0 Å². The van der Waals surface area contributed by atoms with Crippen LogP contribution < -0.4 is 0 Å². The van der Waals surface area contributed by atoms with Gasteiger partial charge in [-0.2, -0.15) is 0 Å². The number of benzene rings is 1. The van der Waals surface area contributed by atoms with Gasteiger partial charge in [0.1, 0.15) is 0 Å². The maximum Gasteiger partial charge on any atom is 0.0249 e. The Labute approximate surface area is 186 Å². The molecule has 0 heterocycles. The molecule has 0 spiro atoms. The average molecular weight is 405 g/mol. The molecule has 164 valence electrons. The molecule has 2 aliphatic rings. The Kier molecular flexibility index (Phi) is 10.1. The van der Waals surface area contributed by atoms with E-state index in [1.165, 1.54) is 95.5 Å². The summed E-state index contributed by atoms with van der Waals surface area (Å²) in [5, 5.41) is 0. The molecule has 0 bridgehead atoms. The van der Waals surface area contributed by atoms with E-state index in [1.54, 1.807) is 0 Å². The summed E-state index contributed by atoms with van der Waals surface area (Å²) >= 11 is 0. The Morgan fingerprint density at radius 3 is 2.10 bits per heavy atom. The van der Waals surface area contributed by atoms with Gasteiger partial charge in [-0.25, -0.2) is 0 Å². The molecule has 1 aromatic rings. The van der Waals surface area contributed by atoms with Gasteiger partial charge in [-0.1, -0.05) is 82.4 Å². The minimum Gasteiger partial charge on any atom is -0.0730 e. The first-order valence-corrected chi connectivity index (χ1v) is 13.1. The molecular weight excluding hydrogens is 360 g/mol. The summed E-state index contributed by atoms with van der Waals surface area (Å²) in [4.78, 5) is 0. The van der Waals surface area contributed by atoms with Gasteiger partial charge in [0.25, 0.3) is 0 Å². The highest BCUT2D eigenvalue weighted by atomic mass is 14.3. The first kappa shape index (κ1) is 23.2. The number of hydrogen-bond donors (Lipinski definition) is 0. The molecule has 2 aliphatic carbocycles. The molecule has 0 radical (unpaired) electrons. The van der Waals surface area contributed by atoms with Crippen LogP contribution in [-0.4, -0.2) is 0 Å². The van der Waals surface area contributed by atoms with Crippen molar-refractivity contribution in [1.82, 2.24) is 0 Å². The molecule has 1 aromatic carbocycles. The standard InChI is InChI=1S/C30H44/c1-3-5-6-10-26-13-15-27(16-14-26)11-7-8-12-28-19-23-30(24-20-28)29-21-17-25(9-4-2)18-22-29/h7,11,19-20,23-27,29H,3-6,9-10,13-18,21-22H2,1-2H3/b11-7+/t25-,26-,27-,29-. The average Bonchev–Trinajstić information content (AvgIpc) is 2.79. The monoisotopic (exact) mass is 404 g/mol. The van der Waals surface area contributed by atoms with Crippen molar-refractivity contribution in [2.75, 3.05) is 0 Å². The van der Waals surface area contributed by atoms with Gasteiger partial charge >= 0.3 is 0 Å². The summed E-state index contributed by atoms with van der Waals surface area (Å²) in [7, 11) is 0. The summed E-state index contributed by atoms with van der Waals surface area (Å²) < 4.78 is 0. The van der Waals surface area contributed by atoms with Crippen molar-refractivity contribution in [1.29, 1.82) is 0 Å². The van der Waals surface area contributed by atoms with Crippen LogP contribution in [0.3, 0.4) is 0 Å². The minimum absolute atomic E-state index is 0.756. The molecule has 0 unspecified atom stereocenters. The topological polar surface area (TPSA) is 0 Å². The fourth-order valence-electron chi connectivity index (χ4n) is 5.69. The second-order valence-corrected chi connectivity index (χ2v) is 10.0. The van der Waals surface area contributed by atoms with E-state index in [-0.39, 0.29) is 0 Å². The maximum atomic E-state index is 3.34. The molecular formula is C30H44. The maximum absolute atomic E-state index is 3.34. The third-order valence-electron chi connectivity index (χ3n) is 7.70. The lowest BCUT2D eigenvalue weighted by atomic mass is 9.77. The van der Waals surface area contributed by atoms with Gasteiger partial charge in [-0.3, -0.25) is 0 Å². The largest absolute Gasteiger partial charge is 0.0730 e. The Hall–Kier alpha value is -1.48. The van der Waals surface area contributed by atoms with E-state index in [2.05, 4.69) is 62.1 Å². The van der Waals surface area contributed by atoms with Crippen molar-refractivity contribution >= 4 is 0 Å². The van der Waals surface area contributed by atoms with Crippen molar-refractivity contribution in [2.24, 2.45) is 17.8 Å². The van der Waals surface area contributed by atoms with Gasteiger partial charge in [-0.05, 0) is 98.8 Å². The molecule has 0 atom stereocenters. The molecule has 0 aromatic heterocycles. The molecule has 0 N–H and O–H groups in total. The van der Waals surface area contributed by atoms with E-state index in [9.17, 15) is 0 Å². The first-order valence-electron chi connectivity index (χ1n) is 13.1. The SMILES string of the molecule is CCCCC[C@H]1CC[C@H](/C=C/C#Cc2ccc([C@H]3CC[C@H](CCC)CC3)cc2)CC1. The predicted molar refractivity (Wildman–Crippen MR) is 132 cm³/mol. The lowest BCUT2D eigenvalue weighted by Crippen LogP contribution is -2.13. The van der Waals surface area contributed by atoms with Crippen LogP contribution in [0, 0.1) is 29.6 Å². The summed E-state index contributed by atoms with van der Waals surface area (Å²) in [5.74, 6) is 10.1. The normalized spacial score (nSPS) is 27.0. The molecule has 3 rings (SSSR count). The molecule has 0 heteroatoms. The minimum atomic E-state index is 0.756. The van der Waals surface area contributed by atoms with Gasteiger partial charge in [0, 0.05) is 5.56 Å². The van der Waals surface area contributed by atoms with E-state index < -0.39 is 0 Å². The zero-order valence-corrected chi connectivity index (χ0v) is 19.7. The van der Waals surface area contributed by atoms with E-state index in [1.807, 2.05) is 0 Å². The Balaban J connectivity index is 1.39. The van der Waals surface area contributed by atoms with Crippen molar-refractivity contribution in [3.63, 3.8) is 0 Å². The highest BCUT2D eigenvalue weighted by Gasteiger charge is 2.21. The summed E-state index contributed by atoms with van der Waals surface area (Å²) in [6.07, 6.45) is 24.1. The number of allylic oxidation sites excluding steroid dienone is 2. The highest BCUT2D eigenvalue weighted by molar-refractivity contribution is 5.39. The second-order valence-electron chi connectivity index (χ2n) is 10.0. The zero-order chi connectivity index (χ0) is 21.0. The molecule has 2 fully saturated rings. The number of rotatable bonds is 8. The fourth-order valence-corrected chi connectivity index (χ4v) is 5.69. The van der Waals surface area contributed by atoms with E-state index in [4.69, 9.17) is 0 Å². The van der Waals surface area contributed by atoms with Crippen LogP contribution in [0.5, 0.6) is 0 Å². The Morgan fingerprint density at radius 2 is 1.43 bits per heavy atom. The summed E-state index contributed by atoms with van der Waals surface area (Å²) in [5.41, 5.74) is 2.68. The van der Waals surface area contributed by atoms with Crippen LogP contribution in [0.1, 0.15) is 121 Å². The fraction of sp³-hybridized carbons (Fsp3) is 0.667. The zero-order valence-electron chi connectivity index (χ0n) is 19.7. The van der Waals surface area contributed by atoms with Gasteiger partial charge in [-0.15, -0.1) is 0 Å². The van der Waals surface area contributed by atoms with Crippen LogP contribution in [0.4, 0.5) is 0 Å². The van der Waals surface area contributed by atoms with Crippen molar-refractivity contribution < 1.29 is 0 Å². The van der Waals surface area contributed by atoms with Gasteiger partial charge in [0.2, 0.25) is 0 Å². The van der Waals surface area contributed by atoms with E-state index in [0.717, 1.165) is 29.2 Å². The van der Waals surface area contributed by atoms with Crippen molar-refractivity contribution in [2.45, 2.75) is 110 Å². The van der Waals surface area contributed by atoms with Crippen LogP contribution >= 0.6 is 0 Å². The highest BCUT2D eigenvalue weighted by Crippen LogP contribution is 2.37. The second kappa shape index (κ2) is 13.0. The molecule has 0 saturated heterocycles. The molecule has 2 saturated carbocycles. The third kappa shape index (κ3) is 7.65. The van der Waals surface area contributed by atoms with Crippen molar-refractivity contribution in [3.05, 3.63) is 47.5 Å². The molecule has 0 amide bonds. The predicted octanol–water partition coefficient (Wildman–Crippen LogP) is 9.05. The van der Waals surface area contributed by atoms with Crippen LogP contribution in [0.2, 0.25) is 0 Å². The van der Waals surface area contributed by atoms with Crippen LogP contribution in [0.25, 0.3) is 0 Å². The quantitative estimate of drug-likeness (QED) is 0.299. The summed E-state index contributed by atoms with van der Waals surface area (Å²) in [6, 6.07) is 9.13. The number of unbranched alkanes of at least 4 members (excludes halogenated alkanes) is 2. The van der Waals surface area contributed by atoms with Crippen LogP contribution in [0.15, 0.2) is 36.4 Å². The first-order chi connectivity index (χ1) is 14.8. The van der Waals surface area contributed by atoms with Gasteiger partial charge in [0.05, 0.1) is 0 Å². The molecule has 30 heavy (non-hydrogen) atoms.